The molecule has 1 aliphatic heterocycles. The van der Waals surface area contributed by atoms with E-state index in [2.05, 4.69) is 10.0 Å². The first-order valence-corrected chi connectivity index (χ1v) is 7.00. The maximum absolute atomic E-state index is 11.8. The number of piperidine rings is 1. The Hall–Kier alpha value is -0.990. The Morgan fingerprint density at radius 1 is 1.53 bits per heavy atom. The Bertz CT molecular complexity index is 402. The van der Waals surface area contributed by atoms with Crippen molar-refractivity contribution in [3.8, 4) is 0 Å². The first-order chi connectivity index (χ1) is 7.90. The molecule has 98 valence electrons. The van der Waals surface area contributed by atoms with Crippen molar-refractivity contribution in [2.75, 3.05) is 6.54 Å². The quantitative estimate of drug-likeness (QED) is 0.519. The highest BCUT2D eigenvalue weighted by molar-refractivity contribution is 7.90. The van der Waals surface area contributed by atoms with Gasteiger partial charge in [-0.1, -0.05) is 6.92 Å². The van der Waals surface area contributed by atoms with Crippen LogP contribution in [0.25, 0.3) is 0 Å². The lowest BCUT2D eigenvalue weighted by Gasteiger charge is -2.24. The number of carbonyl (C=O) groups is 2. The molecule has 1 saturated heterocycles. The fourth-order valence-corrected chi connectivity index (χ4v) is 3.12. The van der Waals surface area contributed by atoms with E-state index >= 15 is 0 Å². The minimum atomic E-state index is -3.62. The van der Waals surface area contributed by atoms with E-state index in [9.17, 15) is 18.0 Å². The molecule has 1 heterocycles. The van der Waals surface area contributed by atoms with Crippen molar-refractivity contribution in [3.05, 3.63) is 0 Å². The third kappa shape index (κ3) is 3.48. The third-order valence-corrected chi connectivity index (χ3v) is 4.72. The van der Waals surface area contributed by atoms with Crippen molar-refractivity contribution in [2.24, 2.45) is 5.73 Å². The van der Waals surface area contributed by atoms with Gasteiger partial charge >= 0.3 is 0 Å². The Morgan fingerprint density at radius 3 is 2.65 bits per heavy atom. The Kier molecular flexibility index (Phi) is 4.61. The Morgan fingerprint density at radius 2 is 2.18 bits per heavy atom. The molecule has 0 saturated carbocycles. The highest BCUT2D eigenvalue weighted by atomic mass is 32.2. The highest BCUT2D eigenvalue weighted by Gasteiger charge is 2.32. The predicted octanol–water partition coefficient (Wildman–Crippen LogP) is -1.55. The second-order valence-electron chi connectivity index (χ2n) is 3.93. The zero-order valence-electron chi connectivity index (χ0n) is 9.60. The molecule has 0 aliphatic carbocycles. The van der Waals surface area contributed by atoms with Crippen molar-refractivity contribution in [2.45, 2.75) is 37.5 Å². The van der Waals surface area contributed by atoms with Crippen LogP contribution in [0, 0.1) is 0 Å². The smallest absolute Gasteiger partial charge is 0.244 e. The first kappa shape index (κ1) is 14.1. The van der Waals surface area contributed by atoms with E-state index in [0.29, 0.717) is 6.42 Å². The molecule has 2 amide bonds. The van der Waals surface area contributed by atoms with E-state index in [-0.39, 0.29) is 25.3 Å². The molecule has 17 heavy (non-hydrogen) atoms. The first-order valence-electron chi connectivity index (χ1n) is 5.45. The van der Waals surface area contributed by atoms with Crippen molar-refractivity contribution >= 4 is 21.8 Å². The maximum Gasteiger partial charge on any atom is 0.244 e. The van der Waals surface area contributed by atoms with Gasteiger partial charge in [0.2, 0.25) is 21.8 Å². The summed E-state index contributed by atoms with van der Waals surface area (Å²) in [5, 5.41) is 1.38. The van der Waals surface area contributed by atoms with E-state index < -0.39 is 27.2 Å². The normalized spacial score (nSPS) is 23.3. The van der Waals surface area contributed by atoms with Gasteiger partial charge in [0.15, 0.2) is 0 Å². The summed E-state index contributed by atoms with van der Waals surface area (Å²) in [7, 11) is -3.62. The lowest BCUT2D eigenvalue weighted by atomic mass is 10.1. The van der Waals surface area contributed by atoms with Gasteiger partial charge in [0.1, 0.15) is 6.04 Å². The fraction of sp³-hybridized carbons (Fsp3) is 0.778. The minimum absolute atomic E-state index is 0.000890. The molecular formula is C9H17N3O4S. The summed E-state index contributed by atoms with van der Waals surface area (Å²) in [5.41, 5.74) is 5.36. The van der Waals surface area contributed by atoms with Crippen LogP contribution in [-0.2, 0) is 19.6 Å². The van der Waals surface area contributed by atoms with Crippen molar-refractivity contribution in [1.29, 1.82) is 0 Å². The van der Waals surface area contributed by atoms with Crippen LogP contribution in [0.3, 0.4) is 0 Å². The van der Waals surface area contributed by atoms with Gasteiger partial charge in [-0.05, 0) is 12.8 Å². The SMILES string of the molecule is CCC(CN)S(=O)(=O)NC1CCC(=O)NC1=O. The van der Waals surface area contributed by atoms with Gasteiger partial charge in [-0.15, -0.1) is 0 Å². The number of rotatable bonds is 5. The topological polar surface area (TPSA) is 118 Å². The van der Waals surface area contributed by atoms with Gasteiger partial charge in [-0.2, -0.15) is 0 Å². The van der Waals surface area contributed by atoms with Gasteiger partial charge in [0, 0.05) is 13.0 Å². The summed E-state index contributed by atoms with van der Waals surface area (Å²) in [6, 6.07) is -0.877. The molecule has 0 aromatic rings. The summed E-state index contributed by atoms with van der Waals surface area (Å²) >= 11 is 0. The van der Waals surface area contributed by atoms with E-state index in [1.165, 1.54) is 0 Å². The van der Waals surface area contributed by atoms with Gasteiger partial charge in [-0.25, -0.2) is 13.1 Å². The molecular weight excluding hydrogens is 246 g/mol. The Balaban J connectivity index is 2.71. The number of amides is 2. The molecule has 0 aromatic carbocycles. The molecule has 0 spiro atoms. The van der Waals surface area contributed by atoms with Crippen LogP contribution in [-0.4, -0.2) is 38.1 Å². The number of nitrogens with two attached hydrogens (primary N) is 1. The zero-order chi connectivity index (χ0) is 13.1. The van der Waals surface area contributed by atoms with Crippen molar-refractivity contribution in [3.63, 3.8) is 0 Å². The summed E-state index contributed by atoms with van der Waals surface area (Å²) in [4.78, 5) is 22.3. The molecule has 2 atom stereocenters. The minimum Gasteiger partial charge on any atom is -0.329 e. The van der Waals surface area contributed by atoms with Crippen LogP contribution in [0.4, 0.5) is 0 Å². The number of imide groups is 1. The molecule has 1 aliphatic rings. The molecule has 8 heteroatoms. The van der Waals surface area contributed by atoms with E-state index in [1.807, 2.05) is 0 Å². The monoisotopic (exact) mass is 263 g/mol. The molecule has 0 bridgehead atoms. The van der Waals surface area contributed by atoms with E-state index in [1.54, 1.807) is 6.92 Å². The maximum atomic E-state index is 11.8. The summed E-state index contributed by atoms with van der Waals surface area (Å²) < 4.78 is 26.0. The number of sulfonamides is 1. The largest absolute Gasteiger partial charge is 0.329 e. The summed E-state index contributed by atoms with van der Waals surface area (Å²) in [6.45, 7) is 1.71. The fourth-order valence-electron chi connectivity index (χ4n) is 1.61. The van der Waals surface area contributed by atoms with Crippen LogP contribution >= 0.6 is 0 Å². The average molecular weight is 263 g/mol. The second kappa shape index (κ2) is 5.56. The van der Waals surface area contributed by atoms with Crippen LogP contribution in [0.5, 0.6) is 0 Å². The molecule has 0 aromatic heterocycles. The number of hydrogen-bond acceptors (Lipinski definition) is 5. The van der Waals surface area contributed by atoms with Crippen molar-refractivity contribution in [1.82, 2.24) is 10.0 Å². The van der Waals surface area contributed by atoms with Gasteiger partial charge in [0.05, 0.1) is 5.25 Å². The molecule has 0 radical (unpaired) electrons. The lowest BCUT2D eigenvalue weighted by Crippen LogP contribution is -2.54. The highest BCUT2D eigenvalue weighted by Crippen LogP contribution is 2.09. The lowest BCUT2D eigenvalue weighted by molar-refractivity contribution is -0.134. The van der Waals surface area contributed by atoms with E-state index in [0.717, 1.165) is 0 Å². The van der Waals surface area contributed by atoms with Crippen molar-refractivity contribution < 1.29 is 18.0 Å². The standard InChI is InChI=1S/C9H17N3O4S/c1-2-6(5-10)17(15,16)12-7-3-4-8(13)11-9(7)14/h6-7,12H,2-5,10H2,1H3,(H,11,13,14). The van der Waals surface area contributed by atoms with Crippen LogP contribution in [0.2, 0.25) is 0 Å². The molecule has 1 fully saturated rings. The predicted molar refractivity (Wildman–Crippen MR) is 61.4 cm³/mol. The number of hydrogen-bond donors (Lipinski definition) is 3. The van der Waals surface area contributed by atoms with Gasteiger partial charge in [-0.3, -0.25) is 14.9 Å². The zero-order valence-corrected chi connectivity index (χ0v) is 10.4. The number of nitrogens with one attached hydrogen (secondary N) is 2. The molecule has 4 N–H and O–H groups in total. The van der Waals surface area contributed by atoms with E-state index in [4.69, 9.17) is 5.73 Å². The van der Waals surface area contributed by atoms with Crippen LogP contribution < -0.4 is 15.8 Å². The van der Waals surface area contributed by atoms with Gasteiger partial charge in [0.25, 0.3) is 0 Å². The average Bonchev–Trinajstić information content (AvgIpc) is 2.23. The van der Waals surface area contributed by atoms with Gasteiger partial charge < -0.3 is 5.73 Å². The third-order valence-electron chi connectivity index (χ3n) is 2.70. The van der Waals surface area contributed by atoms with Crippen LogP contribution in [0.15, 0.2) is 0 Å². The molecule has 1 rings (SSSR count). The summed E-state index contributed by atoms with van der Waals surface area (Å²) in [6.07, 6.45) is 0.697. The summed E-state index contributed by atoms with van der Waals surface area (Å²) in [5.74, 6) is -0.979. The molecule has 2 unspecified atom stereocenters. The molecule has 7 nitrogen and oxygen atoms in total. The number of carbonyl (C=O) groups excluding carboxylic acids is 2. The Labute approximate surface area is 100 Å². The van der Waals surface area contributed by atoms with Crippen LogP contribution in [0.1, 0.15) is 26.2 Å². The second-order valence-corrected chi connectivity index (χ2v) is 5.92.